The van der Waals surface area contributed by atoms with E-state index in [4.69, 9.17) is 0 Å². The number of fused-ring (bicyclic) bond motifs is 1. The van der Waals surface area contributed by atoms with Crippen molar-refractivity contribution >= 4 is 35.0 Å². The van der Waals surface area contributed by atoms with Gasteiger partial charge in [-0.3, -0.25) is 9.59 Å². The van der Waals surface area contributed by atoms with Crippen LogP contribution in [0.2, 0.25) is 0 Å². The lowest BCUT2D eigenvalue weighted by atomic mass is 10.0. The third-order valence-corrected chi connectivity index (χ3v) is 5.06. The highest BCUT2D eigenvalue weighted by atomic mass is 32.2. The number of aryl methyl sites for hydroxylation is 1. The zero-order chi connectivity index (χ0) is 16.9. The van der Waals surface area contributed by atoms with Crippen molar-refractivity contribution in [2.45, 2.75) is 24.2 Å². The van der Waals surface area contributed by atoms with Gasteiger partial charge < -0.3 is 10.2 Å². The van der Waals surface area contributed by atoms with Crippen LogP contribution in [-0.2, 0) is 16.0 Å². The van der Waals surface area contributed by atoms with Crippen LogP contribution in [0.15, 0.2) is 53.4 Å². The van der Waals surface area contributed by atoms with Gasteiger partial charge in [-0.25, -0.2) is 0 Å². The van der Waals surface area contributed by atoms with Gasteiger partial charge in [0.1, 0.15) is 0 Å². The van der Waals surface area contributed by atoms with Crippen LogP contribution in [0, 0.1) is 0 Å². The van der Waals surface area contributed by atoms with E-state index in [1.165, 1.54) is 4.90 Å². The Hall–Kier alpha value is -2.27. The van der Waals surface area contributed by atoms with Gasteiger partial charge in [0.15, 0.2) is 0 Å². The van der Waals surface area contributed by atoms with Gasteiger partial charge in [0.2, 0.25) is 11.8 Å². The van der Waals surface area contributed by atoms with Crippen molar-refractivity contribution in [3.63, 3.8) is 0 Å². The second-order valence-corrected chi connectivity index (χ2v) is 6.92. The molecule has 0 saturated carbocycles. The fourth-order valence-electron chi connectivity index (χ4n) is 2.74. The number of carbonyl (C=O) groups is 2. The lowest BCUT2D eigenvalue weighted by Gasteiger charge is -2.26. The lowest BCUT2D eigenvalue weighted by Crippen LogP contribution is -2.31. The van der Waals surface area contributed by atoms with E-state index in [1.54, 1.807) is 23.7 Å². The highest BCUT2D eigenvalue weighted by Crippen LogP contribution is 2.29. The van der Waals surface area contributed by atoms with Gasteiger partial charge in [-0.15, -0.1) is 11.8 Å². The van der Waals surface area contributed by atoms with Crippen LogP contribution in [0.25, 0.3) is 0 Å². The Bertz CT molecular complexity index is 746. The summed E-state index contributed by atoms with van der Waals surface area (Å²) in [6.07, 6.45) is 1.72. The van der Waals surface area contributed by atoms with E-state index < -0.39 is 0 Å². The van der Waals surface area contributed by atoms with E-state index in [0.717, 1.165) is 29.1 Å². The molecule has 4 nitrogen and oxygen atoms in total. The molecule has 0 spiro atoms. The zero-order valence-electron chi connectivity index (χ0n) is 13.6. The number of rotatable bonds is 5. The Morgan fingerprint density at radius 1 is 1.17 bits per heavy atom. The summed E-state index contributed by atoms with van der Waals surface area (Å²) in [6.45, 7) is 0. The summed E-state index contributed by atoms with van der Waals surface area (Å²) >= 11 is 1.68. The summed E-state index contributed by atoms with van der Waals surface area (Å²) in [5.41, 5.74) is 2.84. The normalized spacial score (nSPS) is 13.5. The molecule has 1 aliphatic heterocycles. The molecule has 0 aliphatic carbocycles. The fourth-order valence-corrected chi connectivity index (χ4v) is 3.61. The first kappa shape index (κ1) is 16.6. The summed E-state index contributed by atoms with van der Waals surface area (Å²) in [5, 5.41) is 2.95. The molecule has 0 aromatic heterocycles. The zero-order valence-corrected chi connectivity index (χ0v) is 14.4. The van der Waals surface area contributed by atoms with Crippen LogP contribution in [0.4, 0.5) is 11.4 Å². The monoisotopic (exact) mass is 340 g/mol. The molecule has 0 atom stereocenters. The standard InChI is InChI=1S/C19H20N2O2S/c1-21-17-9-8-15(13-14(17)7-10-19(21)23)20-18(22)11-12-24-16-5-3-2-4-6-16/h2-6,8-9,13H,7,10-12H2,1H3,(H,20,22). The maximum atomic E-state index is 12.1. The molecule has 1 N–H and O–H groups in total. The van der Waals surface area contributed by atoms with Crippen molar-refractivity contribution in [1.82, 2.24) is 0 Å². The first-order chi connectivity index (χ1) is 11.6. The molecule has 5 heteroatoms. The van der Waals surface area contributed by atoms with Gasteiger partial charge in [-0.05, 0) is 42.3 Å². The summed E-state index contributed by atoms with van der Waals surface area (Å²) in [6, 6.07) is 15.8. The van der Waals surface area contributed by atoms with Crippen LogP contribution in [0.3, 0.4) is 0 Å². The Morgan fingerprint density at radius 3 is 2.75 bits per heavy atom. The van der Waals surface area contributed by atoms with Gasteiger partial charge in [0, 0.05) is 41.9 Å². The second kappa shape index (κ2) is 7.53. The highest BCUT2D eigenvalue weighted by molar-refractivity contribution is 7.99. The van der Waals surface area contributed by atoms with Crippen molar-refractivity contribution in [3.8, 4) is 0 Å². The van der Waals surface area contributed by atoms with Crippen LogP contribution in [0.5, 0.6) is 0 Å². The SMILES string of the molecule is CN1C(=O)CCc2cc(NC(=O)CCSc3ccccc3)ccc21. The van der Waals surface area contributed by atoms with Crippen LogP contribution in [0.1, 0.15) is 18.4 Å². The molecule has 24 heavy (non-hydrogen) atoms. The lowest BCUT2D eigenvalue weighted by molar-refractivity contribution is -0.118. The van der Waals surface area contributed by atoms with Gasteiger partial charge in [-0.2, -0.15) is 0 Å². The summed E-state index contributed by atoms with van der Waals surface area (Å²) in [4.78, 5) is 26.7. The number of thioether (sulfide) groups is 1. The number of hydrogen-bond acceptors (Lipinski definition) is 3. The topological polar surface area (TPSA) is 49.4 Å². The first-order valence-corrected chi connectivity index (χ1v) is 8.99. The third kappa shape index (κ3) is 3.97. The Labute approximate surface area is 146 Å². The van der Waals surface area contributed by atoms with Crippen molar-refractivity contribution < 1.29 is 9.59 Å². The van der Waals surface area contributed by atoms with E-state index >= 15 is 0 Å². The van der Waals surface area contributed by atoms with Crippen molar-refractivity contribution in [1.29, 1.82) is 0 Å². The fraction of sp³-hybridized carbons (Fsp3) is 0.263. The second-order valence-electron chi connectivity index (χ2n) is 5.76. The molecule has 0 fully saturated rings. The van der Waals surface area contributed by atoms with Gasteiger partial charge in [-0.1, -0.05) is 18.2 Å². The van der Waals surface area contributed by atoms with E-state index in [1.807, 2.05) is 48.5 Å². The molecular weight excluding hydrogens is 320 g/mol. The number of hydrogen-bond donors (Lipinski definition) is 1. The number of carbonyl (C=O) groups excluding carboxylic acids is 2. The summed E-state index contributed by atoms with van der Waals surface area (Å²) < 4.78 is 0. The summed E-state index contributed by atoms with van der Waals surface area (Å²) in [5.74, 6) is 0.897. The Kier molecular flexibility index (Phi) is 5.20. The smallest absolute Gasteiger partial charge is 0.227 e. The highest BCUT2D eigenvalue weighted by Gasteiger charge is 2.20. The average Bonchev–Trinajstić information content (AvgIpc) is 2.59. The minimum Gasteiger partial charge on any atom is -0.326 e. The maximum Gasteiger partial charge on any atom is 0.227 e. The molecule has 0 radical (unpaired) electrons. The minimum absolute atomic E-state index is 0.0126. The van der Waals surface area contributed by atoms with Crippen molar-refractivity contribution in [2.75, 3.05) is 23.0 Å². The number of nitrogens with zero attached hydrogens (tertiary/aromatic N) is 1. The Balaban J connectivity index is 1.54. The molecule has 0 saturated heterocycles. The quantitative estimate of drug-likeness (QED) is 0.844. The van der Waals surface area contributed by atoms with Gasteiger partial charge in [0.25, 0.3) is 0 Å². The molecule has 2 amide bonds. The predicted octanol–water partition coefficient (Wildman–Crippen LogP) is 3.72. The predicted molar refractivity (Wildman–Crippen MR) is 98.6 cm³/mol. The molecule has 0 unspecified atom stereocenters. The molecular formula is C19H20N2O2S. The third-order valence-electron chi connectivity index (χ3n) is 4.05. The van der Waals surface area contributed by atoms with E-state index in [0.29, 0.717) is 12.8 Å². The van der Waals surface area contributed by atoms with E-state index in [-0.39, 0.29) is 11.8 Å². The van der Waals surface area contributed by atoms with Gasteiger partial charge >= 0.3 is 0 Å². The average molecular weight is 340 g/mol. The molecule has 1 aliphatic rings. The Morgan fingerprint density at radius 2 is 1.96 bits per heavy atom. The van der Waals surface area contributed by atoms with E-state index in [2.05, 4.69) is 5.32 Å². The number of anilines is 2. The van der Waals surface area contributed by atoms with Crippen LogP contribution >= 0.6 is 11.8 Å². The molecule has 2 aromatic rings. The number of amides is 2. The van der Waals surface area contributed by atoms with Gasteiger partial charge in [0.05, 0.1) is 0 Å². The van der Waals surface area contributed by atoms with Crippen LogP contribution < -0.4 is 10.2 Å². The van der Waals surface area contributed by atoms with Crippen molar-refractivity contribution in [2.24, 2.45) is 0 Å². The maximum absolute atomic E-state index is 12.1. The molecule has 1 heterocycles. The minimum atomic E-state index is 0.0126. The van der Waals surface area contributed by atoms with Crippen LogP contribution in [-0.4, -0.2) is 24.6 Å². The number of benzene rings is 2. The molecule has 124 valence electrons. The molecule has 3 rings (SSSR count). The summed E-state index contributed by atoms with van der Waals surface area (Å²) in [7, 11) is 1.79. The molecule has 0 bridgehead atoms. The first-order valence-electron chi connectivity index (χ1n) is 8.00. The molecule has 2 aromatic carbocycles. The largest absolute Gasteiger partial charge is 0.326 e. The van der Waals surface area contributed by atoms with E-state index in [9.17, 15) is 9.59 Å². The van der Waals surface area contributed by atoms with Crippen molar-refractivity contribution in [3.05, 3.63) is 54.1 Å². The number of nitrogens with one attached hydrogen (secondary N) is 1.